The Morgan fingerprint density at radius 1 is 1.38 bits per heavy atom. The Balaban J connectivity index is 2.09. The number of hydrogen-bond donors (Lipinski definition) is 1. The second-order valence-electron chi connectivity index (χ2n) is 6.09. The molecule has 4 heteroatoms. The van der Waals surface area contributed by atoms with Gasteiger partial charge in [0, 0.05) is 29.7 Å². The summed E-state index contributed by atoms with van der Waals surface area (Å²) in [7, 11) is 2.19. The van der Waals surface area contributed by atoms with Gasteiger partial charge in [-0.25, -0.2) is 0 Å². The molecule has 21 heavy (non-hydrogen) atoms. The van der Waals surface area contributed by atoms with Crippen LogP contribution in [-0.2, 0) is 4.74 Å². The fourth-order valence-electron chi connectivity index (χ4n) is 3.18. The van der Waals surface area contributed by atoms with Gasteiger partial charge in [-0.05, 0) is 49.9 Å². The molecule has 0 saturated carbocycles. The maximum Gasteiger partial charge on any atom is 0.0506 e. The number of ether oxygens (including phenoxy) is 1. The molecule has 2 N–H and O–H groups in total. The predicted octanol–water partition coefficient (Wildman–Crippen LogP) is 3.59. The van der Waals surface area contributed by atoms with Crippen molar-refractivity contribution in [3.05, 3.63) is 34.3 Å². The summed E-state index contributed by atoms with van der Waals surface area (Å²) in [6.45, 7) is 5.02. The third-order valence-corrected chi connectivity index (χ3v) is 4.89. The second kappa shape index (κ2) is 8.28. The predicted molar refractivity (Wildman–Crippen MR) is 91.3 cm³/mol. The highest BCUT2D eigenvalue weighted by Gasteiger charge is 2.26. The van der Waals surface area contributed by atoms with E-state index in [1.807, 2.05) is 0 Å². The monoisotopic (exact) mass is 354 g/mol. The molecule has 1 aromatic carbocycles. The van der Waals surface area contributed by atoms with Crippen molar-refractivity contribution in [3.8, 4) is 0 Å². The summed E-state index contributed by atoms with van der Waals surface area (Å²) < 4.78 is 6.72. The van der Waals surface area contributed by atoms with Gasteiger partial charge in [-0.2, -0.15) is 0 Å². The first-order chi connectivity index (χ1) is 10.1. The number of likely N-dealkylation sites (N-methyl/N-ethyl adjacent to an activating group) is 1. The van der Waals surface area contributed by atoms with Crippen LogP contribution in [0.2, 0.25) is 0 Å². The minimum atomic E-state index is 0.153. The Hall–Kier alpha value is -0.420. The van der Waals surface area contributed by atoms with Crippen LogP contribution in [0.25, 0.3) is 0 Å². The Bertz CT molecular complexity index is 417. The normalized spacial score (nSPS) is 22.2. The zero-order chi connectivity index (χ0) is 15.2. The SMILES string of the molecule is CCC(N)C(c1ccc(Br)cc1)N(C)CC1CCCOC1. The van der Waals surface area contributed by atoms with E-state index < -0.39 is 0 Å². The standard InChI is InChI=1S/C17H27BrN2O/c1-3-16(19)17(14-6-8-15(18)9-7-14)20(2)11-13-5-4-10-21-12-13/h6-9,13,16-17H,3-5,10-12,19H2,1-2H3. The summed E-state index contributed by atoms with van der Waals surface area (Å²) in [5.74, 6) is 0.630. The lowest BCUT2D eigenvalue weighted by Gasteiger charge is -2.36. The molecule has 3 unspecified atom stereocenters. The average molecular weight is 355 g/mol. The average Bonchev–Trinajstić information content (AvgIpc) is 2.50. The van der Waals surface area contributed by atoms with E-state index in [0.29, 0.717) is 5.92 Å². The van der Waals surface area contributed by atoms with E-state index in [0.717, 1.165) is 30.7 Å². The molecule has 0 aromatic heterocycles. The molecule has 1 aliphatic rings. The molecule has 1 aliphatic heterocycles. The van der Waals surface area contributed by atoms with Crippen LogP contribution in [0.5, 0.6) is 0 Å². The molecule has 0 amide bonds. The summed E-state index contributed by atoms with van der Waals surface area (Å²) in [4.78, 5) is 2.41. The molecule has 0 radical (unpaired) electrons. The Kier molecular flexibility index (Phi) is 6.68. The lowest BCUT2D eigenvalue weighted by atomic mass is 9.94. The molecule has 1 heterocycles. The van der Waals surface area contributed by atoms with Crippen LogP contribution in [0, 0.1) is 5.92 Å². The van der Waals surface area contributed by atoms with Crippen molar-refractivity contribution in [1.82, 2.24) is 4.90 Å². The molecule has 1 saturated heterocycles. The van der Waals surface area contributed by atoms with Crippen molar-refractivity contribution < 1.29 is 4.74 Å². The Morgan fingerprint density at radius 2 is 2.10 bits per heavy atom. The number of benzene rings is 1. The molecular formula is C17H27BrN2O. The largest absolute Gasteiger partial charge is 0.381 e. The maximum absolute atomic E-state index is 6.41. The molecular weight excluding hydrogens is 328 g/mol. The molecule has 1 aromatic rings. The number of nitrogens with zero attached hydrogens (tertiary/aromatic N) is 1. The molecule has 1 fully saturated rings. The third kappa shape index (κ3) is 4.78. The van der Waals surface area contributed by atoms with Crippen molar-refractivity contribution in [2.75, 3.05) is 26.8 Å². The lowest BCUT2D eigenvalue weighted by Crippen LogP contribution is -2.42. The minimum Gasteiger partial charge on any atom is -0.381 e. The van der Waals surface area contributed by atoms with E-state index in [-0.39, 0.29) is 12.1 Å². The van der Waals surface area contributed by atoms with Gasteiger partial charge in [0.2, 0.25) is 0 Å². The van der Waals surface area contributed by atoms with Gasteiger partial charge in [-0.1, -0.05) is 35.0 Å². The summed E-state index contributed by atoms with van der Waals surface area (Å²) in [5, 5.41) is 0. The third-order valence-electron chi connectivity index (χ3n) is 4.36. The van der Waals surface area contributed by atoms with Crippen LogP contribution in [0.3, 0.4) is 0 Å². The topological polar surface area (TPSA) is 38.5 Å². The van der Waals surface area contributed by atoms with Gasteiger partial charge in [-0.3, -0.25) is 4.90 Å². The van der Waals surface area contributed by atoms with E-state index in [4.69, 9.17) is 10.5 Å². The van der Waals surface area contributed by atoms with E-state index in [1.165, 1.54) is 18.4 Å². The first-order valence-electron chi connectivity index (χ1n) is 7.90. The number of halogens is 1. The lowest BCUT2D eigenvalue weighted by molar-refractivity contribution is 0.0338. The highest BCUT2D eigenvalue weighted by atomic mass is 79.9. The van der Waals surface area contributed by atoms with Gasteiger partial charge in [0.1, 0.15) is 0 Å². The van der Waals surface area contributed by atoms with Gasteiger partial charge in [0.15, 0.2) is 0 Å². The molecule has 2 rings (SSSR count). The fraction of sp³-hybridized carbons (Fsp3) is 0.647. The summed E-state index contributed by atoms with van der Waals surface area (Å²) in [6, 6.07) is 8.98. The van der Waals surface area contributed by atoms with E-state index >= 15 is 0 Å². The Morgan fingerprint density at radius 3 is 2.67 bits per heavy atom. The van der Waals surface area contributed by atoms with Crippen LogP contribution in [-0.4, -0.2) is 37.7 Å². The molecule has 0 bridgehead atoms. The molecule has 0 aliphatic carbocycles. The zero-order valence-corrected chi connectivity index (χ0v) is 14.7. The number of hydrogen-bond acceptors (Lipinski definition) is 3. The van der Waals surface area contributed by atoms with Crippen molar-refractivity contribution in [2.45, 2.75) is 38.3 Å². The van der Waals surface area contributed by atoms with Crippen LogP contribution < -0.4 is 5.73 Å². The summed E-state index contributed by atoms with van der Waals surface area (Å²) in [6.07, 6.45) is 3.42. The molecule has 3 atom stereocenters. The maximum atomic E-state index is 6.41. The van der Waals surface area contributed by atoms with Gasteiger partial charge in [-0.15, -0.1) is 0 Å². The second-order valence-corrected chi connectivity index (χ2v) is 7.01. The van der Waals surface area contributed by atoms with Crippen LogP contribution >= 0.6 is 15.9 Å². The van der Waals surface area contributed by atoms with Crippen molar-refractivity contribution in [2.24, 2.45) is 11.7 Å². The number of nitrogens with two attached hydrogens (primary N) is 1. The van der Waals surface area contributed by atoms with Crippen LogP contribution in [0.1, 0.15) is 37.8 Å². The highest BCUT2D eigenvalue weighted by Crippen LogP contribution is 2.27. The smallest absolute Gasteiger partial charge is 0.0506 e. The first-order valence-corrected chi connectivity index (χ1v) is 8.70. The summed E-state index contributed by atoms with van der Waals surface area (Å²) >= 11 is 3.50. The fourth-order valence-corrected chi connectivity index (χ4v) is 3.45. The van der Waals surface area contributed by atoms with Crippen molar-refractivity contribution in [1.29, 1.82) is 0 Å². The molecule has 118 valence electrons. The Labute approximate surface area is 137 Å². The zero-order valence-electron chi connectivity index (χ0n) is 13.1. The minimum absolute atomic E-state index is 0.153. The van der Waals surface area contributed by atoms with Gasteiger partial charge < -0.3 is 10.5 Å². The van der Waals surface area contributed by atoms with Gasteiger partial charge in [0.25, 0.3) is 0 Å². The van der Waals surface area contributed by atoms with Crippen molar-refractivity contribution >= 4 is 15.9 Å². The summed E-state index contributed by atoms with van der Waals surface area (Å²) in [5.41, 5.74) is 7.71. The quantitative estimate of drug-likeness (QED) is 0.848. The molecule has 0 spiro atoms. The van der Waals surface area contributed by atoms with Gasteiger partial charge >= 0.3 is 0 Å². The number of rotatable bonds is 6. The van der Waals surface area contributed by atoms with Crippen LogP contribution in [0.15, 0.2) is 28.7 Å². The van der Waals surface area contributed by atoms with Crippen LogP contribution in [0.4, 0.5) is 0 Å². The van der Waals surface area contributed by atoms with Gasteiger partial charge in [0.05, 0.1) is 6.61 Å². The van der Waals surface area contributed by atoms with E-state index in [9.17, 15) is 0 Å². The van der Waals surface area contributed by atoms with E-state index in [1.54, 1.807) is 0 Å². The van der Waals surface area contributed by atoms with E-state index in [2.05, 4.69) is 59.1 Å². The molecule has 3 nitrogen and oxygen atoms in total. The first kappa shape index (κ1) is 16.9. The highest BCUT2D eigenvalue weighted by molar-refractivity contribution is 9.10. The van der Waals surface area contributed by atoms with Crippen molar-refractivity contribution in [3.63, 3.8) is 0 Å².